The number of carbonyl (C=O) groups excluding carboxylic acids is 1. The smallest absolute Gasteiger partial charge is 0.311 e. The normalized spacial score (nSPS) is 11.6. The summed E-state index contributed by atoms with van der Waals surface area (Å²) in [5.74, 6) is 0.931. The van der Waals surface area contributed by atoms with Crippen LogP contribution >= 0.6 is 11.8 Å². The van der Waals surface area contributed by atoms with E-state index in [0.717, 1.165) is 29.4 Å². The van der Waals surface area contributed by atoms with Crippen LogP contribution in [0.5, 0.6) is 0 Å². The van der Waals surface area contributed by atoms with Crippen molar-refractivity contribution in [2.24, 2.45) is 5.41 Å². The van der Waals surface area contributed by atoms with Gasteiger partial charge in [-0.25, -0.2) is 0 Å². The van der Waals surface area contributed by atoms with Crippen molar-refractivity contribution in [2.75, 3.05) is 12.4 Å². The molecule has 0 radical (unpaired) electrons. The van der Waals surface area contributed by atoms with E-state index in [2.05, 4.69) is 15.5 Å². The van der Waals surface area contributed by atoms with Crippen molar-refractivity contribution in [3.63, 3.8) is 0 Å². The fraction of sp³-hybridized carbons (Fsp3) is 0.636. The highest BCUT2D eigenvalue weighted by atomic mass is 32.2. The molecule has 0 aliphatic carbocycles. The average molecular weight is 419 g/mol. The van der Waals surface area contributed by atoms with E-state index in [1.54, 1.807) is 16.4 Å². The van der Waals surface area contributed by atoms with Gasteiger partial charge in [0, 0.05) is 5.75 Å². The van der Waals surface area contributed by atoms with Crippen molar-refractivity contribution in [2.45, 2.75) is 77.3 Å². The monoisotopic (exact) mass is 418 g/mol. The zero-order valence-corrected chi connectivity index (χ0v) is 18.8. The van der Waals surface area contributed by atoms with Gasteiger partial charge in [-0.3, -0.25) is 4.79 Å². The van der Waals surface area contributed by atoms with Gasteiger partial charge in [-0.2, -0.15) is 4.68 Å². The van der Waals surface area contributed by atoms with Crippen LogP contribution in [-0.4, -0.2) is 38.5 Å². The second-order valence-electron chi connectivity index (χ2n) is 8.27. The molecule has 0 saturated carbocycles. The first-order chi connectivity index (χ1) is 14.0. The van der Waals surface area contributed by atoms with Gasteiger partial charge in [-0.1, -0.05) is 68.5 Å². The third-order valence-corrected chi connectivity index (χ3v) is 5.56. The van der Waals surface area contributed by atoms with Crippen LogP contribution in [0.15, 0.2) is 35.5 Å². The largest absolute Gasteiger partial charge is 0.465 e. The second kappa shape index (κ2) is 12.6. The first-order valence-corrected chi connectivity index (χ1v) is 11.6. The third-order valence-electron chi connectivity index (χ3n) is 4.56. The Morgan fingerprint density at radius 1 is 0.966 bits per heavy atom. The number of rotatable bonds is 13. The van der Waals surface area contributed by atoms with Gasteiger partial charge in [0.1, 0.15) is 0 Å². The Bertz CT molecular complexity index is 713. The van der Waals surface area contributed by atoms with Crippen molar-refractivity contribution >= 4 is 17.7 Å². The van der Waals surface area contributed by atoms with Gasteiger partial charge in [0.15, 0.2) is 0 Å². The van der Waals surface area contributed by atoms with E-state index in [4.69, 9.17) is 4.74 Å². The van der Waals surface area contributed by atoms with E-state index in [1.165, 1.54) is 38.5 Å². The van der Waals surface area contributed by atoms with E-state index in [-0.39, 0.29) is 5.97 Å². The van der Waals surface area contributed by atoms with Gasteiger partial charge in [0.05, 0.1) is 17.7 Å². The van der Waals surface area contributed by atoms with Crippen LogP contribution in [0.1, 0.15) is 72.1 Å². The molecule has 0 atom stereocenters. The summed E-state index contributed by atoms with van der Waals surface area (Å²) >= 11 is 1.72. The van der Waals surface area contributed by atoms with Crippen LogP contribution in [0.4, 0.5) is 0 Å². The summed E-state index contributed by atoms with van der Waals surface area (Å²) in [5, 5.41) is 12.9. The molecule has 0 aliphatic heterocycles. The minimum atomic E-state index is -0.397. The number of esters is 1. The molecular formula is C22H34N4O2S. The number of aromatic nitrogens is 4. The molecule has 1 aromatic carbocycles. The van der Waals surface area contributed by atoms with E-state index in [0.29, 0.717) is 6.61 Å². The predicted molar refractivity (Wildman–Crippen MR) is 117 cm³/mol. The molecule has 0 saturated heterocycles. The fourth-order valence-electron chi connectivity index (χ4n) is 2.81. The SMILES string of the molecule is CC(C)(C)C(=O)OCCCCCCCCCCSc1nnnn1-c1ccccc1. The molecule has 0 aliphatic rings. The summed E-state index contributed by atoms with van der Waals surface area (Å²) in [7, 11) is 0. The number of para-hydroxylation sites is 1. The van der Waals surface area contributed by atoms with Crippen LogP contribution < -0.4 is 0 Å². The van der Waals surface area contributed by atoms with Gasteiger partial charge in [0.2, 0.25) is 5.16 Å². The Morgan fingerprint density at radius 2 is 1.59 bits per heavy atom. The highest BCUT2D eigenvalue weighted by Gasteiger charge is 2.22. The first kappa shape index (κ1) is 23.4. The zero-order valence-electron chi connectivity index (χ0n) is 18.0. The summed E-state index contributed by atoms with van der Waals surface area (Å²) < 4.78 is 7.08. The van der Waals surface area contributed by atoms with Crippen molar-refractivity contribution in [3.8, 4) is 5.69 Å². The maximum atomic E-state index is 11.7. The topological polar surface area (TPSA) is 69.9 Å². The number of thioether (sulfide) groups is 1. The average Bonchev–Trinajstić information content (AvgIpc) is 3.17. The number of benzene rings is 1. The van der Waals surface area contributed by atoms with Gasteiger partial charge >= 0.3 is 5.97 Å². The number of nitrogens with zero attached hydrogens (tertiary/aromatic N) is 4. The minimum absolute atomic E-state index is 0.104. The third kappa shape index (κ3) is 8.98. The summed E-state index contributed by atoms with van der Waals surface area (Å²) in [5.41, 5.74) is 0.597. The standard InChI is InChI=1S/C22H34N4O2S/c1-22(2,3)20(27)28-17-13-8-6-4-5-7-9-14-18-29-21-23-24-25-26(21)19-15-11-10-12-16-19/h10-12,15-16H,4-9,13-14,17-18H2,1-3H3. The maximum absolute atomic E-state index is 11.7. The summed E-state index contributed by atoms with van der Waals surface area (Å²) in [6, 6.07) is 9.99. The van der Waals surface area contributed by atoms with Crippen LogP contribution in [-0.2, 0) is 9.53 Å². The van der Waals surface area contributed by atoms with Gasteiger partial charge in [-0.15, -0.1) is 5.10 Å². The molecular weight excluding hydrogens is 384 g/mol. The maximum Gasteiger partial charge on any atom is 0.311 e. The molecule has 1 aromatic heterocycles. The molecule has 0 spiro atoms. The van der Waals surface area contributed by atoms with Crippen LogP contribution in [0.3, 0.4) is 0 Å². The van der Waals surface area contributed by atoms with Crippen molar-refractivity contribution < 1.29 is 9.53 Å². The van der Waals surface area contributed by atoms with Gasteiger partial charge in [-0.05, 0) is 56.2 Å². The second-order valence-corrected chi connectivity index (χ2v) is 9.33. The number of unbranched alkanes of at least 4 members (excludes halogenated alkanes) is 7. The first-order valence-electron chi connectivity index (χ1n) is 10.6. The number of tetrazole rings is 1. The zero-order chi connectivity index (χ0) is 21.0. The Kier molecular flexibility index (Phi) is 10.2. The highest BCUT2D eigenvalue weighted by molar-refractivity contribution is 7.99. The minimum Gasteiger partial charge on any atom is -0.465 e. The number of hydrogen-bond acceptors (Lipinski definition) is 6. The van der Waals surface area contributed by atoms with Crippen molar-refractivity contribution in [3.05, 3.63) is 30.3 Å². The lowest BCUT2D eigenvalue weighted by Gasteiger charge is -2.16. The number of hydrogen-bond donors (Lipinski definition) is 0. The molecule has 7 heteroatoms. The molecule has 160 valence electrons. The Morgan fingerprint density at radius 3 is 2.24 bits per heavy atom. The molecule has 0 N–H and O–H groups in total. The van der Waals surface area contributed by atoms with Crippen molar-refractivity contribution in [1.82, 2.24) is 20.2 Å². The molecule has 0 amide bonds. The van der Waals surface area contributed by atoms with Crippen molar-refractivity contribution in [1.29, 1.82) is 0 Å². The molecule has 2 aromatic rings. The lowest BCUT2D eigenvalue weighted by molar-refractivity contribution is -0.153. The van der Waals surface area contributed by atoms with Gasteiger partial charge < -0.3 is 4.74 Å². The van der Waals surface area contributed by atoms with E-state index < -0.39 is 5.41 Å². The summed E-state index contributed by atoms with van der Waals surface area (Å²) in [6.07, 6.45) is 9.53. The van der Waals surface area contributed by atoms with E-state index in [9.17, 15) is 4.79 Å². The Labute approximate surface area is 178 Å². The number of carbonyl (C=O) groups is 1. The van der Waals surface area contributed by atoms with Crippen LogP contribution in [0.25, 0.3) is 5.69 Å². The highest BCUT2D eigenvalue weighted by Crippen LogP contribution is 2.20. The quantitative estimate of drug-likeness (QED) is 0.244. The van der Waals surface area contributed by atoms with Gasteiger partial charge in [0.25, 0.3) is 0 Å². The molecule has 0 bridgehead atoms. The molecule has 6 nitrogen and oxygen atoms in total. The summed E-state index contributed by atoms with van der Waals surface area (Å²) in [6.45, 7) is 6.22. The lowest BCUT2D eigenvalue weighted by atomic mass is 9.97. The van der Waals surface area contributed by atoms with E-state index >= 15 is 0 Å². The van der Waals surface area contributed by atoms with E-state index in [1.807, 2.05) is 51.1 Å². The molecule has 2 rings (SSSR count). The number of ether oxygens (including phenoxy) is 1. The molecule has 0 unspecified atom stereocenters. The molecule has 0 fully saturated rings. The molecule has 1 heterocycles. The fourth-order valence-corrected chi connectivity index (χ4v) is 3.70. The Hall–Kier alpha value is -1.89. The van der Waals surface area contributed by atoms with Crippen LogP contribution in [0, 0.1) is 5.41 Å². The van der Waals surface area contributed by atoms with Crippen LogP contribution in [0.2, 0.25) is 0 Å². The Balaban J connectivity index is 1.45. The lowest BCUT2D eigenvalue weighted by Crippen LogP contribution is -2.23. The summed E-state index contributed by atoms with van der Waals surface area (Å²) in [4.78, 5) is 11.7. The molecule has 29 heavy (non-hydrogen) atoms. The predicted octanol–water partition coefficient (Wildman–Crippen LogP) is 5.46.